The number of nitro groups is 1. The monoisotopic (exact) mass is 228 g/mol. The van der Waals surface area contributed by atoms with Crippen molar-refractivity contribution in [3.63, 3.8) is 0 Å². The maximum atomic E-state index is 10.6. The molecule has 0 aliphatic rings. The summed E-state index contributed by atoms with van der Waals surface area (Å²) < 4.78 is 0. The number of benzene rings is 1. The molecule has 2 aromatic rings. The number of nitro benzene ring substituents is 1. The second-order valence-corrected chi connectivity index (χ2v) is 3.39. The second kappa shape index (κ2) is 4.52. The van der Waals surface area contributed by atoms with Gasteiger partial charge in [-0.15, -0.1) is 0 Å². The summed E-state index contributed by atoms with van der Waals surface area (Å²) in [6.45, 7) is 0. The molecular weight excluding hydrogens is 220 g/mol. The van der Waals surface area contributed by atoms with Gasteiger partial charge in [-0.1, -0.05) is 12.1 Å². The SMILES string of the molecule is O=Cc1cc(-c2cccc([N+](=O)[O-])c2)ccn1. The lowest BCUT2D eigenvalue weighted by atomic mass is 10.1. The van der Waals surface area contributed by atoms with E-state index < -0.39 is 4.92 Å². The Hall–Kier alpha value is -2.56. The molecule has 0 saturated carbocycles. The van der Waals surface area contributed by atoms with Crippen LogP contribution < -0.4 is 0 Å². The highest BCUT2D eigenvalue weighted by Gasteiger charge is 2.07. The van der Waals surface area contributed by atoms with Crippen LogP contribution in [-0.4, -0.2) is 16.2 Å². The molecule has 0 fully saturated rings. The van der Waals surface area contributed by atoms with E-state index >= 15 is 0 Å². The van der Waals surface area contributed by atoms with E-state index in [1.54, 1.807) is 24.3 Å². The fourth-order valence-electron chi connectivity index (χ4n) is 1.49. The first-order valence-electron chi connectivity index (χ1n) is 4.87. The standard InChI is InChI=1S/C12H8N2O3/c15-8-11-6-10(4-5-13-11)9-2-1-3-12(7-9)14(16)17/h1-8H. The van der Waals surface area contributed by atoms with Crippen molar-refractivity contribution in [3.8, 4) is 11.1 Å². The predicted octanol–water partition coefficient (Wildman–Crippen LogP) is 2.47. The Labute approximate surface area is 96.9 Å². The molecule has 1 heterocycles. The number of carbonyl (C=O) groups is 1. The number of hydrogen-bond acceptors (Lipinski definition) is 4. The normalized spacial score (nSPS) is 9.88. The number of carbonyl (C=O) groups excluding carboxylic acids is 1. The number of hydrogen-bond donors (Lipinski definition) is 0. The summed E-state index contributed by atoms with van der Waals surface area (Å²) in [6, 6.07) is 9.53. The minimum atomic E-state index is -0.453. The van der Waals surface area contributed by atoms with Crippen LogP contribution in [0.25, 0.3) is 11.1 Å². The first-order valence-corrected chi connectivity index (χ1v) is 4.87. The quantitative estimate of drug-likeness (QED) is 0.459. The maximum Gasteiger partial charge on any atom is 0.270 e. The number of non-ortho nitro benzene ring substituents is 1. The van der Waals surface area contributed by atoms with Gasteiger partial charge >= 0.3 is 0 Å². The molecule has 0 unspecified atom stereocenters. The minimum absolute atomic E-state index is 0.0203. The molecule has 0 spiro atoms. The van der Waals surface area contributed by atoms with Crippen molar-refractivity contribution < 1.29 is 9.72 Å². The van der Waals surface area contributed by atoms with Gasteiger partial charge in [-0.25, -0.2) is 0 Å². The van der Waals surface area contributed by atoms with E-state index in [0.717, 1.165) is 5.56 Å². The zero-order valence-corrected chi connectivity index (χ0v) is 8.74. The summed E-state index contributed by atoms with van der Waals surface area (Å²) in [6.07, 6.45) is 2.14. The summed E-state index contributed by atoms with van der Waals surface area (Å²) >= 11 is 0. The second-order valence-electron chi connectivity index (χ2n) is 3.39. The highest BCUT2D eigenvalue weighted by molar-refractivity contribution is 5.76. The van der Waals surface area contributed by atoms with Gasteiger partial charge in [0, 0.05) is 18.3 Å². The van der Waals surface area contributed by atoms with E-state index in [-0.39, 0.29) is 5.69 Å². The van der Waals surface area contributed by atoms with Gasteiger partial charge in [-0.2, -0.15) is 0 Å². The summed E-state index contributed by atoms with van der Waals surface area (Å²) in [5, 5.41) is 10.6. The summed E-state index contributed by atoms with van der Waals surface area (Å²) in [7, 11) is 0. The molecule has 0 N–H and O–H groups in total. The zero-order chi connectivity index (χ0) is 12.3. The third-order valence-electron chi connectivity index (χ3n) is 2.29. The lowest BCUT2D eigenvalue weighted by Crippen LogP contribution is -1.90. The van der Waals surface area contributed by atoms with Crippen LogP contribution in [0.2, 0.25) is 0 Å². The Balaban J connectivity index is 2.48. The van der Waals surface area contributed by atoms with Gasteiger partial charge in [-0.05, 0) is 23.3 Å². The van der Waals surface area contributed by atoms with Crippen LogP contribution in [0.3, 0.4) is 0 Å². The molecule has 2 rings (SSSR count). The average Bonchev–Trinajstić information content (AvgIpc) is 2.39. The van der Waals surface area contributed by atoms with Crippen LogP contribution in [0, 0.1) is 10.1 Å². The van der Waals surface area contributed by atoms with Crippen molar-refractivity contribution in [2.75, 3.05) is 0 Å². The summed E-state index contributed by atoms with van der Waals surface area (Å²) in [4.78, 5) is 24.6. The van der Waals surface area contributed by atoms with Crippen LogP contribution in [0.5, 0.6) is 0 Å². The Kier molecular flexibility index (Phi) is 2.91. The number of pyridine rings is 1. The molecule has 0 aliphatic heterocycles. The van der Waals surface area contributed by atoms with Crippen LogP contribution in [0.1, 0.15) is 10.5 Å². The van der Waals surface area contributed by atoms with Crippen molar-refractivity contribution in [2.45, 2.75) is 0 Å². The fraction of sp³-hybridized carbons (Fsp3) is 0. The fourth-order valence-corrected chi connectivity index (χ4v) is 1.49. The van der Waals surface area contributed by atoms with E-state index in [0.29, 0.717) is 17.5 Å². The van der Waals surface area contributed by atoms with Crippen molar-refractivity contribution >= 4 is 12.0 Å². The number of aromatic nitrogens is 1. The van der Waals surface area contributed by atoms with Gasteiger partial charge < -0.3 is 0 Å². The number of nitrogens with zero attached hydrogens (tertiary/aromatic N) is 2. The first kappa shape index (κ1) is 10.9. The third kappa shape index (κ3) is 2.34. The first-order chi connectivity index (χ1) is 8.20. The van der Waals surface area contributed by atoms with Gasteiger partial charge in [-0.3, -0.25) is 19.9 Å². The highest BCUT2D eigenvalue weighted by Crippen LogP contribution is 2.23. The molecule has 17 heavy (non-hydrogen) atoms. The van der Waals surface area contributed by atoms with E-state index in [9.17, 15) is 14.9 Å². The van der Waals surface area contributed by atoms with Crippen molar-refractivity contribution in [2.24, 2.45) is 0 Å². The number of rotatable bonds is 3. The maximum absolute atomic E-state index is 10.6. The molecule has 0 radical (unpaired) electrons. The summed E-state index contributed by atoms with van der Waals surface area (Å²) in [5.41, 5.74) is 1.73. The molecule has 0 saturated heterocycles. The highest BCUT2D eigenvalue weighted by atomic mass is 16.6. The third-order valence-corrected chi connectivity index (χ3v) is 2.29. The van der Waals surface area contributed by atoms with Gasteiger partial charge in [0.05, 0.1) is 4.92 Å². The van der Waals surface area contributed by atoms with Crippen LogP contribution in [0.15, 0.2) is 42.6 Å². The molecule has 5 nitrogen and oxygen atoms in total. The number of aldehydes is 1. The molecular formula is C12H8N2O3. The van der Waals surface area contributed by atoms with E-state index in [1.807, 2.05) is 0 Å². The Bertz CT molecular complexity index is 581. The molecule has 0 atom stereocenters. The zero-order valence-electron chi connectivity index (χ0n) is 8.74. The van der Waals surface area contributed by atoms with E-state index in [4.69, 9.17) is 0 Å². The molecule has 1 aromatic heterocycles. The van der Waals surface area contributed by atoms with Crippen molar-refractivity contribution in [1.29, 1.82) is 0 Å². The van der Waals surface area contributed by atoms with Crippen molar-refractivity contribution in [1.82, 2.24) is 4.98 Å². The Morgan fingerprint density at radius 1 is 1.18 bits per heavy atom. The van der Waals surface area contributed by atoms with Crippen LogP contribution in [0.4, 0.5) is 5.69 Å². The van der Waals surface area contributed by atoms with E-state index in [1.165, 1.54) is 18.3 Å². The van der Waals surface area contributed by atoms with Gasteiger partial charge in [0.1, 0.15) is 5.69 Å². The average molecular weight is 228 g/mol. The lowest BCUT2D eigenvalue weighted by molar-refractivity contribution is -0.384. The molecule has 1 aromatic carbocycles. The molecule has 5 heteroatoms. The topological polar surface area (TPSA) is 73.1 Å². The Morgan fingerprint density at radius 2 is 1.94 bits per heavy atom. The summed E-state index contributed by atoms with van der Waals surface area (Å²) in [5.74, 6) is 0. The smallest absolute Gasteiger partial charge is 0.270 e. The minimum Gasteiger partial charge on any atom is -0.296 e. The Morgan fingerprint density at radius 3 is 2.65 bits per heavy atom. The van der Waals surface area contributed by atoms with E-state index in [2.05, 4.69) is 4.98 Å². The molecule has 84 valence electrons. The lowest BCUT2D eigenvalue weighted by Gasteiger charge is -2.01. The van der Waals surface area contributed by atoms with Gasteiger partial charge in [0.25, 0.3) is 5.69 Å². The van der Waals surface area contributed by atoms with Gasteiger partial charge in [0.15, 0.2) is 6.29 Å². The molecule has 0 amide bonds. The molecule has 0 bridgehead atoms. The van der Waals surface area contributed by atoms with Crippen LogP contribution in [-0.2, 0) is 0 Å². The van der Waals surface area contributed by atoms with Crippen molar-refractivity contribution in [3.05, 3.63) is 58.4 Å². The van der Waals surface area contributed by atoms with Crippen LogP contribution >= 0.6 is 0 Å². The largest absolute Gasteiger partial charge is 0.296 e. The molecule has 0 aliphatic carbocycles. The van der Waals surface area contributed by atoms with Gasteiger partial charge in [0.2, 0.25) is 0 Å². The predicted molar refractivity (Wildman–Crippen MR) is 61.7 cm³/mol.